The van der Waals surface area contributed by atoms with E-state index < -0.39 is 0 Å². The smallest absolute Gasteiger partial charge is 0.163 e. The molecule has 9 heteroatoms. The van der Waals surface area contributed by atoms with Crippen molar-refractivity contribution in [2.75, 3.05) is 12.4 Å². The van der Waals surface area contributed by atoms with Crippen LogP contribution in [-0.2, 0) is 11.5 Å². The number of ether oxygens (including phenoxy) is 1. The Bertz CT molecular complexity index is 1720. The molecular formula is C31H33N7O2. The predicted octanol–water partition coefficient (Wildman–Crippen LogP) is 5.75. The number of rotatable bonds is 7. The molecule has 5 aromatic rings. The number of aromatic nitrogens is 5. The lowest BCUT2D eigenvalue weighted by Crippen LogP contribution is -2.28. The molecule has 2 N–H and O–H groups in total. The van der Waals surface area contributed by atoms with Crippen molar-refractivity contribution in [1.82, 2.24) is 24.3 Å². The molecule has 4 heterocycles. The molecule has 40 heavy (non-hydrogen) atoms. The molecule has 0 spiro atoms. The van der Waals surface area contributed by atoms with Crippen molar-refractivity contribution in [3.05, 3.63) is 66.2 Å². The van der Waals surface area contributed by atoms with Crippen molar-refractivity contribution >= 4 is 27.8 Å². The fourth-order valence-corrected chi connectivity index (χ4v) is 5.68. The molecule has 0 unspecified atom stereocenters. The summed E-state index contributed by atoms with van der Waals surface area (Å²) in [6.07, 6.45) is 8.75. The fraction of sp³-hybridized carbons (Fsp3) is 0.355. The average Bonchev–Trinajstić information content (AvgIpc) is 3.56. The Morgan fingerprint density at radius 2 is 1.93 bits per heavy atom. The fourth-order valence-electron chi connectivity index (χ4n) is 5.68. The van der Waals surface area contributed by atoms with E-state index in [1.807, 2.05) is 58.2 Å². The monoisotopic (exact) mass is 535 g/mol. The number of nitrogens with zero attached hydrogens (tertiary/aromatic N) is 6. The standard InChI is InChI=1S/C31H33N7O2/c1-19(2)29-28-26(22-14-20-11-13-37(18-40-3)30(20)34-17-22)10-12-33-31(28)38(36-29)24-7-4-21(16-32)27(15-24)35-23-5-8-25(39)9-6-23/h4,7,10-15,17,19,23,25,35,39H,5-6,8-9,18H2,1-3H3/t23-,25-. The van der Waals surface area contributed by atoms with Crippen molar-refractivity contribution in [3.8, 4) is 22.9 Å². The van der Waals surface area contributed by atoms with Crippen LogP contribution in [0.4, 0.5) is 5.69 Å². The average molecular weight is 536 g/mol. The Morgan fingerprint density at radius 3 is 2.67 bits per heavy atom. The summed E-state index contributed by atoms with van der Waals surface area (Å²) in [6.45, 7) is 4.72. The molecule has 4 aromatic heterocycles. The maximum absolute atomic E-state index is 9.91. The maximum Gasteiger partial charge on any atom is 0.163 e. The molecule has 1 aromatic carbocycles. The molecule has 0 radical (unpaired) electrons. The van der Waals surface area contributed by atoms with E-state index >= 15 is 0 Å². The van der Waals surface area contributed by atoms with E-state index in [9.17, 15) is 10.4 Å². The second kappa shape index (κ2) is 10.7. The Kier molecular flexibility index (Phi) is 6.96. The summed E-state index contributed by atoms with van der Waals surface area (Å²) in [5.41, 5.74) is 6.82. The van der Waals surface area contributed by atoms with Crippen molar-refractivity contribution in [3.63, 3.8) is 0 Å². The van der Waals surface area contributed by atoms with E-state index in [0.717, 1.165) is 75.9 Å². The van der Waals surface area contributed by atoms with Crippen LogP contribution >= 0.6 is 0 Å². The van der Waals surface area contributed by atoms with Gasteiger partial charge in [-0.1, -0.05) is 13.8 Å². The Morgan fingerprint density at radius 1 is 1.10 bits per heavy atom. The molecule has 0 atom stereocenters. The zero-order chi connectivity index (χ0) is 27.8. The van der Waals surface area contributed by atoms with Crippen LogP contribution in [0.25, 0.3) is 38.9 Å². The number of aliphatic hydroxyl groups excluding tert-OH is 1. The largest absolute Gasteiger partial charge is 0.393 e. The van der Waals surface area contributed by atoms with Crippen LogP contribution in [0.1, 0.15) is 56.7 Å². The summed E-state index contributed by atoms with van der Waals surface area (Å²) in [4.78, 5) is 9.53. The van der Waals surface area contributed by atoms with Gasteiger partial charge in [-0.05, 0) is 73.6 Å². The highest BCUT2D eigenvalue weighted by Gasteiger charge is 2.23. The molecule has 1 fully saturated rings. The topological polar surface area (TPSA) is 114 Å². The summed E-state index contributed by atoms with van der Waals surface area (Å²) >= 11 is 0. The van der Waals surface area contributed by atoms with Gasteiger partial charge in [-0.15, -0.1) is 0 Å². The van der Waals surface area contributed by atoms with Gasteiger partial charge in [0.15, 0.2) is 5.65 Å². The van der Waals surface area contributed by atoms with Gasteiger partial charge in [-0.25, -0.2) is 14.6 Å². The number of fused-ring (bicyclic) bond motifs is 2. The van der Waals surface area contributed by atoms with E-state index in [-0.39, 0.29) is 18.1 Å². The number of nitriles is 1. The highest BCUT2D eigenvalue weighted by atomic mass is 16.5. The zero-order valence-corrected chi connectivity index (χ0v) is 23.0. The second-order valence-corrected chi connectivity index (χ2v) is 10.8. The molecular weight excluding hydrogens is 502 g/mol. The number of aliphatic hydroxyl groups is 1. The number of pyridine rings is 2. The first-order chi connectivity index (χ1) is 19.5. The molecule has 0 amide bonds. The lowest BCUT2D eigenvalue weighted by molar-refractivity contribution is 0.126. The SMILES string of the molecule is COCn1ccc2cc(-c3ccnc4c3c(C(C)C)nn4-c3ccc(C#N)c(N[C@H]4CC[C@H](O)CC4)c3)cnc21. The molecule has 0 saturated heterocycles. The summed E-state index contributed by atoms with van der Waals surface area (Å²) in [5.74, 6) is 0.163. The zero-order valence-electron chi connectivity index (χ0n) is 23.0. The van der Waals surface area contributed by atoms with Gasteiger partial charge in [-0.3, -0.25) is 0 Å². The highest BCUT2D eigenvalue weighted by molar-refractivity contribution is 5.97. The van der Waals surface area contributed by atoms with Crippen LogP contribution in [0.15, 0.2) is 55.0 Å². The Balaban J connectivity index is 1.45. The first-order valence-electron chi connectivity index (χ1n) is 13.8. The quantitative estimate of drug-likeness (QED) is 0.273. The van der Waals surface area contributed by atoms with Gasteiger partial charge in [0.25, 0.3) is 0 Å². The number of methoxy groups -OCH3 is 1. The number of nitrogens with one attached hydrogen (secondary N) is 1. The number of benzene rings is 1. The van der Waals surface area contributed by atoms with E-state index in [1.165, 1.54) is 0 Å². The van der Waals surface area contributed by atoms with Crippen molar-refractivity contribution in [1.29, 1.82) is 5.26 Å². The van der Waals surface area contributed by atoms with E-state index in [0.29, 0.717) is 12.3 Å². The molecule has 0 aliphatic heterocycles. The third-order valence-corrected chi connectivity index (χ3v) is 7.75. The van der Waals surface area contributed by atoms with Crippen molar-refractivity contribution < 1.29 is 9.84 Å². The van der Waals surface area contributed by atoms with Crippen LogP contribution in [0.2, 0.25) is 0 Å². The van der Waals surface area contributed by atoms with Gasteiger partial charge in [0.05, 0.1) is 34.1 Å². The van der Waals surface area contributed by atoms with Crippen LogP contribution < -0.4 is 5.32 Å². The van der Waals surface area contributed by atoms with E-state index in [2.05, 4.69) is 31.3 Å². The summed E-state index contributed by atoms with van der Waals surface area (Å²) < 4.78 is 9.15. The maximum atomic E-state index is 9.91. The molecule has 1 aliphatic carbocycles. The van der Waals surface area contributed by atoms with Gasteiger partial charge >= 0.3 is 0 Å². The van der Waals surface area contributed by atoms with Crippen molar-refractivity contribution in [2.45, 2.75) is 64.3 Å². The normalized spacial score (nSPS) is 17.5. The molecule has 9 nitrogen and oxygen atoms in total. The van der Waals surface area contributed by atoms with Crippen LogP contribution in [-0.4, -0.2) is 48.7 Å². The van der Waals surface area contributed by atoms with Gasteiger partial charge in [0.2, 0.25) is 0 Å². The lowest BCUT2D eigenvalue weighted by atomic mass is 9.93. The molecule has 1 aliphatic rings. The van der Waals surface area contributed by atoms with Crippen molar-refractivity contribution in [2.24, 2.45) is 0 Å². The van der Waals surface area contributed by atoms with E-state index in [1.54, 1.807) is 7.11 Å². The Labute approximate surface area is 233 Å². The minimum absolute atomic E-state index is 0.163. The Hall–Kier alpha value is -4.26. The summed E-state index contributed by atoms with van der Waals surface area (Å²) in [6, 6.07) is 14.5. The third-order valence-electron chi connectivity index (χ3n) is 7.75. The van der Waals surface area contributed by atoms with Crippen LogP contribution in [0.5, 0.6) is 0 Å². The van der Waals surface area contributed by atoms with Crippen LogP contribution in [0, 0.1) is 11.3 Å². The van der Waals surface area contributed by atoms with Crippen LogP contribution in [0.3, 0.4) is 0 Å². The molecule has 0 bridgehead atoms. The summed E-state index contributed by atoms with van der Waals surface area (Å²) in [7, 11) is 1.67. The van der Waals surface area contributed by atoms with E-state index in [4.69, 9.17) is 19.8 Å². The second-order valence-electron chi connectivity index (χ2n) is 10.8. The van der Waals surface area contributed by atoms with Gasteiger partial charge in [-0.2, -0.15) is 10.4 Å². The summed E-state index contributed by atoms with van der Waals surface area (Å²) in [5, 5.41) is 30.3. The molecule has 1 saturated carbocycles. The van der Waals surface area contributed by atoms with Gasteiger partial charge in [0, 0.05) is 42.7 Å². The number of hydrogen-bond donors (Lipinski definition) is 2. The first-order valence-corrected chi connectivity index (χ1v) is 13.8. The molecule has 204 valence electrons. The first kappa shape index (κ1) is 26.0. The number of anilines is 1. The predicted molar refractivity (Wildman–Crippen MR) is 155 cm³/mol. The highest BCUT2D eigenvalue weighted by Crippen LogP contribution is 2.36. The molecule has 6 rings (SSSR count). The minimum Gasteiger partial charge on any atom is -0.393 e. The van der Waals surface area contributed by atoms with Gasteiger partial charge in [0.1, 0.15) is 18.4 Å². The number of hydrogen-bond acceptors (Lipinski definition) is 7. The van der Waals surface area contributed by atoms with Gasteiger partial charge < -0.3 is 19.7 Å². The lowest BCUT2D eigenvalue weighted by Gasteiger charge is -2.27. The third kappa shape index (κ3) is 4.70. The minimum atomic E-state index is -0.230.